The van der Waals surface area contributed by atoms with Crippen LogP contribution in [0.2, 0.25) is 0 Å². The molecule has 1 N–H and O–H groups in total. The normalized spacial score (nSPS) is 34.5. The molecule has 2 rings (SSSR count). The zero-order chi connectivity index (χ0) is 14.3. The highest BCUT2D eigenvalue weighted by Crippen LogP contribution is 2.43. The molecule has 0 aromatic rings. The van der Waals surface area contributed by atoms with Crippen LogP contribution in [0.4, 0.5) is 0 Å². The molecule has 1 spiro atoms. The predicted octanol–water partition coefficient (Wildman–Crippen LogP) is 5.83. The third-order valence-corrected chi connectivity index (χ3v) is 5.94. The molecule has 1 heterocycles. The van der Waals surface area contributed by atoms with Crippen LogP contribution >= 0.6 is 0 Å². The van der Waals surface area contributed by atoms with Gasteiger partial charge in [0.05, 0.1) is 0 Å². The van der Waals surface area contributed by atoms with Crippen molar-refractivity contribution in [3.8, 4) is 0 Å². The number of piperidine rings is 1. The maximum absolute atomic E-state index is 4.19. The second-order valence-corrected chi connectivity index (χ2v) is 7.47. The summed E-state index contributed by atoms with van der Waals surface area (Å²) in [6, 6.07) is 0.831. The van der Waals surface area contributed by atoms with Gasteiger partial charge in [-0.05, 0) is 44.4 Å². The van der Waals surface area contributed by atoms with Crippen molar-refractivity contribution in [2.75, 3.05) is 0 Å². The van der Waals surface area contributed by atoms with Gasteiger partial charge in [0.15, 0.2) is 0 Å². The first-order chi connectivity index (χ1) is 9.80. The van der Waals surface area contributed by atoms with Crippen LogP contribution in [-0.4, -0.2) is 11.6 Å². The molecular weight excluding hydrogens is 242 g/mol. The third kappa shape index (κ3) is 4.23. The first kappa shape index (κ1) is 16.3. The zero-order valence-electron chi connectivity index (χ0n) is 14.1. The third-order valence-electron chi connectivity index (χ3n) is 5.94. The maximum atomic E-state index is 4.19. The molecule has 1 saturated heterocycles. The Hall–Kier alpha value is -0.0400. The fourth-order valence-corrected chi connectivity index (χ4v) is 4.77. The van der Waals surface area contributed by atoms with Gasteiger partial charge in [0.1, 0.15) is 0 Å². The topological polar surface area (TPSA) is 12.0 Å². The summed E-state index contributed by atoms with van der Waals surface area (Å²) in [5.74, 6) is 0.977. The monoisotopic (exact) mass is 279 g/mol. The molecular formula is C19H37N. The molecule has 118 valence electrons. The van der Waals surface area contributed by atoms with Crippen LogP contribution in [0.25, 0.3) is 0 Å². The highest BCUT2D eigenvalue weighted by atomic mass is 15.0. The molecule has 0 radical (unpaired) electrons. The summed E-state index contributed by atoms with van der Waals surface area (Å²) in [5.41, 5.74) is 0.544. The van der Waals surface area contributed by atoms with Crippen molar-refractivity contribution in [1.82, 2.24) is 5.32 Å². The predicted molar refractivity (Wildman–Crippen MR) is 89.1 cm³/mol. The highest BCUT2D eigenvalue weighted by Gasteiger charge is 2.42. The minimum Gasteiger partial charge on any atom is -0.308 e. The minimum absolute atomic E-state index is 0.544. The van der Waals surface area contributed by atoms with Gasteiger partial charge >= 0.3 is 0 Å². The molecule has 1 nitrogen and oxygen atoms in total. The maximum Gasteiger partial charge on any atom is 0.0212 e. The minimum atomic E-state index is 0.544. The SMILES string of the molecule is CCCCC[C@H]1CCC[C@@]2(CCCC[C@@H]2CCCC)N1. The molecule has 2 aliphatic rings. The summed E-state index contributed by atoms with van der Waals surface area (Å²) in [7, 11) is 0. The van der Waals surface area contributed by atoms with Gasteiger partial charge in [-0.2, -0.15) is 0 Å². The van der Waals surface area contributed by atoms with Crippen LogP contribution in [0.3, 0.4) is 0 Å². The average molecular weight is 280 g/mol. The van der Waals surface area contributed by atoms with Crippen LogP contribution < -0.4 is 5.32 Å². The van der Waals surface area contributed by atoms with E-state index >= 15 is 0 Å². The number of unbranched alkanes of at least 4 members (excludes halogenated alkanes) is 3. The number of nitrogens with one attached hydrogen (secondary N) is 1. The van der Waals surface area contributed by atoms with Crippen LogP contribution in [-0.2, 0) is 0 Å². The van der Waals surface area contributed by atoms with Crippen molar-refractivity contribution in [1.29, 1.82) is 0 Å². The second kappa shape index (κ2) is 8.41. The van der Waals surface area contributed by atoms with Gasteiger partial charge in [0, 0.05) is 11.6 Å². The van der Waals surface area contributed by atoms with E-state index in [-0.39, 0.29) is 0 Å². The fourth-order valence-electron chi connectivity index (χ4n) is 4.77. The Balaban J connectivity index is 1.91. The van der Waals surface area contributed by atoms with Gasteiger partial charge < -0.3 is 5.32 Å². The smallest absolute Gasteiger partial charge is 0.0212 e. The van der Waals surface area contributed by atoms with Crippen molar-refractivity contribution >= 4 is 0 Å². The van der Waals surface area contributed by atoms with Crippen molar-refractivity contribution in [3.63, 3.8) is 0 Å². The molecule has 0 unspecified atom stereocenters. The van der Waals surface area contributed by atoms with Crippen molar-refractivity contribution in [3.05, 3.63) is 0 Å². The summed E-state index contributed by atoms with van der Waals surface area (Å²) in [6.45, 7) is 4.66. The quantitative estimate of drug-likeness (QED) is 0.578. The summed E-state index contributed by atoms with van der Waals surface area (Å²) in [4.78, 5) is 0. The Morgan fingerprint density at radius 2 is 1.65 bits per heavy atom. The first-order valence-corrected chi connectivity index (χ1v) is 9.58. The van der Waals surface area contributed by atoms with Gasteiger partial charge in [0.25, 0.3) is 0 Å². The van der Waals surface area contributed by atoms with E-state index in [0.717, 1.165) is 12.0 Å². The van der Waals surface area contributed by atoms with Crippen molar-refractivity contribution < 1.29 is 0 Å². The zero-order valence-corrected chi connectivity index (χ0v) is 14.1. The summed E-state index contributed by atoms with van der Waals surface area (Å²) >= 11 is 0. The Labute approximate surface area is 127 Å². The number of hydrogen-bond acceptors (Lipinski definition) is 1. The van der Waals surface area contributed by atoms with E-state index in [9.17, 15) is 0 Å². The molecule has 3 atom stereocenters. The lowest BCUT2D eigenvalue weighted by atomic mass is 9.66. The Kier molecular flexibility index (Phi) is 6.87. The molecule has 0 bridgehead atoms. The molecule has 0 amide bonds. The lowest BCUT2D eigenvalue weighted by Crippen LogP contribution is -2.59. The van der Waals surface area contributed by atoms with E-state index < -0.39 is 0 Å². The molecule has 0 aromatic heterocycles. The molecule has 0 aromatic carbocycles. The summed E-state index contributed by atoms with van der Waals surface area (Å²) < 4.78 is 0. The van der Waals surface area contributed by atoms with E-state index in [2.05, 4.69) is 19.2 Å². The Morgan fingerprint density at radius 1 is 0.850 bits per heavy atom. The van der Waals surface area contributed by atoms with Gasteiger partial charge in [-0.1, -0.05) is 65.2 Å². The van der Waals surface area contributed by atoms with E-state index in [1.165, 1.54) is 89.9 Å². The van der Waals surface area contributed by atoms with E-state index in [4.69, 9.17) is 0 Å². The van der Waals surface area contributed by atoms with Crippen molar-refractivity contribution in [2.24, 2.45) is 5.92 Å². The molecule has 1 aliphatic carbocycles. The lowest BCUT2D eigenvalue weighted by molar-refractivity contribution is 0.0742. The molecule has 1 saturated carbocycles. The molecule has 1 aliphatic heterocycles. The number of hydrogen-bond donors (Lipinski definition) is 1. The largest absolute Gasteiger partial charge is 0.308 e. The molecule has 20 heavy (non-hydrogen) atoms. The van der Waals surface area contributed by atoms with Crippen LogP contribution in [0, 0.1) is 5.92 Å². The van der Waals surface area contributed by atoms with E-state index in [1.807, 2.05) is 0 Å². The first-order valence-electron chi connectivity index (χ1n) is 9.58. The van der Waals surface area contributed by atoms with Gasteiger partial charge in [-0.25, -0.2) is 0 Å². The molecule has 2 fully saturated rings. The standard InChI is InChI=1S/C19H37N/c1-3-5-7-13-18-14-10-16-19(20-18)15-9-8-12-17(19)11-6-4-2/h17-18,20H,3-16H2,1-2H3/t17-,18-,19+/m0/s1. The van der Waals surface area contributed by atoms with Crippen LogP contribution in [0.5, 0.6) is 0 Å². The molecule has 1 heteroatoms. The Morgan fingerprint density at radius 3 is 2.45 bits per heavy atom. The van der Waals surface area contributed by atoms with Crippen LogP contribution in [0.1, 0.15) is 104 Å². The lowest BCUT2D eigenvalue weighted by Gasteiger charge is -2.50. The Bertz CT molecular complexity index is 258. The number of rotatable bonds is 7. The van der Waals surface area contributed by atoms with E-state index in [0.29, 0.717) is 5.54 Å². The van der Waals surface area contributed by atoms with Gasteiger partial charge in [-0.15, -0.1) is 0 Å². The highest BCUT2D eigenvalue weighted by molar-refractivity contribution is 5.01. The van der Waals surface area contributed by atoms with E-state index in [1.54, 1.807) is 0 Å². The summed E-state index contributed by atoms with van der Waals surface area (Å²) in [5, 5.41) is 4.19. The summed E-state index contributed by atoms with van der Waals surface area (Å²) in [6.07, 6.45) is 20.2. The van der Waals surface area contributed by atoms with Crippen molar-refractivity contribution in [2.45, 2.75) is 115 Å². The fraction of sp³-hybridized carbons (Fsp3) is 1.00. The van der Waals surface area contributed by atoms with Gasteiger partial charge in [-0.3, -0.25) is 0 Å². The average Bonchev–Trinajstić information content (AvgIpc) is 2.47. The van der Waals surface area contributed by atoms with Crippen LogP contribution in [0.15, 0.2) is 0 Å². The second-order valence-electron chi connectivity index (χ2n) is 7.47. The van der Waals surface area contributed by atoms with Gasteiger partial charge in [0.2, 0.25) is 0 Å².